The number of amides is 1. The van der Waals surface area contributed by atoms with Gasteiger partial charge in [0.25, 0.3) is 0 Å². The smallest absolute Gasteiger partial charge is 0.302 e. The number of rotatable bonds is 7. The van der Waals surface area contributed by atoms with Gasteiger partial charge in [-0.1, -0.05) is 60.1 Å². The minimum Gasteiger partial charge on any atom is -0.339 e. The number of carbonyl (C=O) groups is 1. The number of halogens is 2. The fourth-order valence-electron chi connectivity index (χ4n) is 3.98. The van der Waals surface area contributed by atoms with Crippen molar-refractivity contribution >= 4 is 33.8 Å². The second-order valence-corrected chi connectivity index (χ2v) is 9.88. The highest BCUT2D eigenvalue weighted by Crippen LogP contribution is 2.25. The highest BCUT2D eigenvalue weighted by atomic mass is 35.5. The summed E-state index contributed by atoms with van der Waals surface area (Å²) in [6.45, 7) is 1.11. The number of nitrogens with zero attached hydrogens (tertiary/aromatic N) is 3. The third kappa shape index (κ3) is 6.09. The second kappa shape index (κ2) is 9.89. The van der Waals surface area contributed by atoms with Crippen LogP contribution in [0.5, 0.6) is 0 Å². The molecule has 3 aromatic rings. The van der Waals surface area contributed by atoms with E-state index in [2.05, 4.69) is 0 Å². The molecule has 2 heterocycles. The SMILES string of the molecule is O=C(/C=C/c1cn(Cc2ccccc2Cl)nc1-c1ccccc1)N1CCC(CS(=O)(=O)F)C1. The van der Waals surface area contributed by atoms with Crippen LogP contribution in [0.2, 0.25) is 5.02 Å². The largest absolute Gasteiger partial charge is 0.339 e. The van der Waals surface area contributed by atoms with Gasteiger partial charge in [-0.2, -0.15) is 13.5 Å². The molecule has 33 heavy (non-hydrogen) atoms. The number of likely N-dealkylation sites (tertiary alicyclic amines) is 1. The van der Waals surface area contributed by atoms with Crippen LogP contribution in [0.3, 0.4) is 0 Å². The topological polar surface area (TPSA) is 72.3 Å². The van der Waals surface area contributed by atoms with E-state index >= 15 is 0 Å². The zero-order valence-corrected chi connectivity index (χ0v) is 19.3. The molecule has 1 aliphatic heterocycles. The van der Waals surface area contributed by atoms with Crippen molar-refractivity contribution in [2.75, 3.05) is 18.8 Å². The Bertz CT molecular complexity index is 1280. The molecule has 2 aromatic carbocycles. The Labute approximate surface area is 197 Å². The van der Waals surface area contributed by atoms with Gasteiger partial charge in [0.1, 0.15) is 0 Å². The number of benzene rings is 2. The van der Waals surface area contributed by atoms with E-state index in [0.29, 0.717) is 24.5 Å². The van der Waals surface area contributed by atoms with E-state index in [0.717, 1.165) is 22.4 Å². The maximum Gasteiger partial charge on any atom is 0.302 e. The summed E-state index contributed by atoms with van der Waals surface area (Å²) in [7, 11) is -4.55. The molecular formula is C24H23ClFN3O3S. The Kier molecular flexibility index (Phi) is 6.95. The zero-order valence-electron chi connectivity index (χ0n) is 17.8. The van der Waals surface area contributed by atoms with Gasteiger partial charge in [0, 0.05) is 41.5 Å². The van der Waals surface area contributed by atoms with Crippen molar-refractivity contribution in [3.63, 3.8) is 0 Å². The molecule has 1 aromatic heterocycles. The Balaban J connectivity index is 1.55. The van der Waals surface area contributed by atoms with E-state index in [9.17, 15) is 17.1 Å². The molecule has 1 unspecified atom stereocenters. The lowest BCUT2D eigenvalue weighted by Crippen LogP contribution is -2.27. The van der Waals surface area contributed by atoms with Crippen LogP contribution in [0.4, 0.5) is 3.89 Å². The lowest BCUT2D eigenvalue weighted by molar-refractivity contribution is -0.125. The van der Waals surface area contributed by atoms with Crippen LogP contribution in [0.15, 0.2) is 66.9 Å². The minimum atomic E-state index is -4.55. The standard InChI is InChI=1S/C24H23ClFN3O3S/c25-22-9-5-4-8-20(22)15-29-16-21(24(27-29)19-6-2-1-3-7-19)10-11-23(30)28-13-12-18(14-28)17-33(26,31)32/h1-11,16,18H,12-15,17H2/b11-10+. The lowest BCUT2D eigenvalue weighted by Gasteiger charge is -2.13. The highest BCUT2D eigenvalue weighted by molar-refractivity contribution is 7.86. The van der Waals surface area contributed by atoms with Crippen molar-refractivity contribution < 1.29 is 17.1 Å². The van der Waals surface area contributed by atoms with Crippen molar-refractivity contribution in [2.24, 2.45) is 5.92 Å². The molecular weight excluding hydrogens is 465 g/mol. The molecule has 1 amide bonds. The molecule has 172 valence electrons. The van der Waals surface area contributed by atoms with Crippen LogP contribution in [0, 0.1) is 5.92 Å². The average Bonchev–Trinajstić information content (AvgIpc) is 3.40. The summed E-state index contributed by atoms with van der Waals surface area (Å²) >= 11 is 6.30. The van der Waals surface area contributed by atoms with Crippen LogP contribution in [-0.2, 0) is 21.6 Å². The van der Waals surface area contributed by atoms with Crippen molar-refractivity contribution in [3.05, 3.63) is 83.0 Å². The second-order valence-electron chi connectivity index (χ2n) is 8.07. The third-order valence-corrected chi connectivity index (χ3v) is 6.80. The van der Waals surface area contributed by atoms with E-state index in [1.165, 1.54) is 6.08 Å². The first-order valence-corrected chi connectivity index (χ1v) is 12.5. The Morgan fingerprint density at radius 3 is 2.61 bits per heavy atom. The van der Waals surface area contributed by atoms with E-state index in [1.54, 1.807) is 15.7 Å². The molecule has 0 saturated carbocycles. The van der Waals surface area contributed by atoms with Gasteiger partial charge in [-0.05, 0) is 30.0 Å². The summed E-state index contributed by atoms with van der Waals surface area (Å²) in [5.74, 6) is -1.17. The number of carbonyl (C=O) groups excluding carboxylic acids is 1. The van der Waals surface area contributed by atoms with Crippen molar-refractivity contribution in [1.82, 2.24) is 14.7 Å². The van der Waals surface area contributed by atoms with E-state index in [-0.39, 0.29) is 18.4 Å². The first-order valence-electron chi connectivity index (χ1n) is 10.5. The molecule has 1 saturated heterocycles. The third-order valence-electron chi connectivity index (χ3n) is 5.57. The van der Waals surface area contributed by atoms with Gasteiger partial charge in [0.05, 0.1) is 18.0 Å². The van der Waals surface area contributed by atoms with Gasteiger partial charge in [0.2, 0.25) is 5.91 Å². The zero-order chi connectivity index (χ0) is 23.4. The summed E-state index contributed by atoms with van der Waals surface area (Å²) in [5, 5.41) is 5.37. The predicted octanol–water partition coefficient (Wildman–Crippen LogP) is 4.41. The number of hydrogen-bond acceptors (Lipinski definition) is 4. The predicted molar refractivity (Wildman–Crippen MR) is 127 cm³/mol. The molecule has 1 fully saturated rings. The highest BCUT2D eigenvalue weighted by Gasteiger charge is 2.29. The summed E-state index contributed by atoms with van der Waals surface area (Å²) in [6, 6.07) is 17.2. The Hall–Kier alpha value is -2.97. The number of aromatic nitrogens is 2. The Morgan fingerprint density at radius 1 is 1.15 bits per heavy atom. The lowest BCUT2D eigenvalue weighted by atomic mass is 10.1. The molecule has 0 spiro atoms. The molecule has 9 heteroatoms. The van der Waals surface area contributed by atoms with Crippen LogP contribution in [0.1, 0.15) is 17.5 Å². The van der Waals surface area contributed by atoms with Crippen LogP contribution < -0.4 is 0 Å². The summed E-state index contributed by atoms with van der Waals surface area (Å²) in [6.07, 6.45) is 5.49. The van der Waals surface area contributed by atoms with Gasteiger partial charge >= 0.3 is 10.2 Å². The van der Waals surface area contributed by atoms with Gasteiger partial charge in [0.15, 0.2) is 0 Å². The summed E-state index contributed by atoms with van der Waals surface area (Å²) < 4.78 is 36.5. The normalized spacial score (nSPS) is 16.5. The van der Waals surface area contributed by atoms with Crippen molar-refractivity contribution in [1.29, 1.82) is 0 Å². The van der Waals surface area contributed by atoms with Crippen LogP contribution >= 0.6 is 11.6 Å². The molecule has 0 aliphatic carbocycles. The van der Waals surface area contributed by atoms with E-state index in [1.807, 2.05) is 60.8 Å². The van der Waals surface area contributed by atoms with E-state index < -0.39 is 16.0 Å². The first kappa shape index (κ1) is 23.2. The maximum atomic E-state index is 13.0. The van der Waals surface area contributed by atoms with Gasteiger partial charge in [-0.3, -0.25) is 9.48 Å². The fourth-order valence-corrected chi connectivity index (χ4v) is 5.01. The van der Waals surface area contributed by atoms with E-state index in [4.69, 9.17) is 16.7 Å². The van der Waals surface area contributed by atoms with Gasteiger partial charge < -0.3 is 4.90 Å². The molecule has 1 aliphatic rings. The van der Waals surface area contributed by atoms with Crippen LogP contribution in [-0.4, -0.2) is 47.8 Å². The quantitative estimate of drug-likeness (QED) is 0.365. The monoisotopic (exact) mass is 487 g/mol. The van der Waals surface area contributed by atoms with Crippen molar-refractivity contribution in [2.45, 2.75) is 13.0 Å². The summed E-state index contributed by atoms with van der Waals surface area (Å²) in [5.41, 5.74) is 3.34. The number of hydrogen-bond donors (Lipinski definition) is 0. The molecule has 4 rings (SSSR count). The molecule has 0 bridgehead atoms. The van der Waals surface area contributed by atoms with Gasteiger partial charge in [-0.15, -0.1) is 3.89 Å². The first-order chi connectivity index (χ1) is 15.8. The maximum absolute atomic E-state index is 13.0. The fraction of sp³-hybridized carbons (Fsp3) is 0.250. The van der Waals surface area contributed by atoms with Crippen molar-refractivity contribution in [3.8, 4) is 11.3 Å². The molecule has 6 nitrogen and oxygen atoms in total. The minimum absolute atomic E-state index is 0.226. The van der Waals surface area contributed by atoms with Crippen LogP contribution in [0.25, 0.3) is 17.3 Å². The summed E-state index contributed by atoms with van der Waals surface area (Å²) in [4.78, 5) is 14.2. The average molecular weight is 488 g/mol. The molecule has 0 N–H and O–H groups in total. The molecule has 0 radical (unpaired) electrons. The molecule has 1 atom stereocenters. The Morgan fingerprint density at radius 2 is 1.88 bits per heavy atom. The van der Waals surface area contributed by atoms with Gasteiger partial charge in [-0.25, -0.2) is 0 Å².